The van der Waals surface area contributed by atoms with Crippen molar-refractivity contribution in [3.8, 4) is 0 Å². The lowest BCUT2D eigenvalue weighted by Crippen LogP contribution is -2.33. The molecule has 5 heteroatoms. The van der Waals surface area contributed by atoms with E-state index in [1.807, 2.05) is 29.2 Å². The van der Waals surface area contributed by atoms with Crippen LogP contribution in [0, 0.1) is 11.8 Å². The first-order chi connectivity index (χ1) is 10.1. The Hall–Kier alpha value is -1.33. The van der Waals surface area contributed by atoms with Gasteiger partial charge in [0.25, 0.3) is 5.91 Å². The summed E-state index contributed by atoms with van der Waals surface area (Å²) in [5.41, 5.74) is 7.81. The maximum atomic E-state index is 12.7. The van der Waals surface area contributed by atoms with Crippen molar-refractivity contribution in [1.82, 2.24) is 9.88 Å². The molecule has 1 saturated heterocycles. The largest absolute Gasteiger partial charge is 0.350 e. The molecule has 3 N–H and O–H groups in total. The number of hydrogen-bond acceptors (Lipinski definition) is 2. The van der Waals surface area contributed by atoms with E-state index in [1.54, 1.807) is 0 Å². The molecular weight excluding hydrogens is 330 g/mol. The Balaban J connectivity index is 1.61. The molecule has 0 radical (unpaired) electrons. The SMILES string of the molecule is NC1CCC2CN(C(=O)c3cc4c(Br)cccc4[nH]3)CC12. The molecule has 0 bridgehead atoms. The quantitative estimate of drug-likeness (QED) is 0.833. The molecule has 4 nitrogen and oxygen atoms in total. The van der Waals surface area contributed by atoms with Gasteiger partial charge < -0.3 is 15.6 Å². The minimum Gasteiger partial charge on any atom is -0.350 e. The zero-order valence-corrected chi connectivity index (χ0v) is 13.3. The molecule has 0 spiro atoms. The Morgan fingerprint density at radius 2 is 2.19 bits per heavy atom. The Kier molecular flexibility index (Phi) is 3.08. The highest BCUT2D eigenvalue weighted by Gasteiger charge is 2.42. The third-order valence-electron chi connectivity index (χ3n) is 5.04. The number of nitrogens with zero attached hydrogens (tertiary/aromatic N) is 1. The Labute approximate surface area is 131 Å². The predicted octanol–water partition coefficient (Wildman–Crippen LogP) is 2.74. The maximum absolute atomic E-state index is 12.7. The number of H-pyrrole nitrogens is 1. The summed E-state index contributed by atoms with van der Waals surface area (Å²) in [6, 6.07) is 8.16. The second kappa shape index (κ2) is 4.85. The van der Waals surface area contributed by atoms with Crippen LogP contribution in [0.25, 0.3) is 10.9 Å². The summed E-state index contributed by atoms with van der Waals surface area (Å²) in [5.74, 6) is 1.19. The van der Waals surface area contributed by atoms with Crippen LogP contribution >= 0.6 is 15.9 Å². The van der Waals surface area contributed by atoms with Crippen molar-refractivity contribution in [3.63, 3.8) is 0 Å². The van der Waals surface area contributed by atoms with Crippen LogP contribution in [-0.4, -0.2) is 34.9 Å². The second-order valence-corrected chi connectivity index (χ2v) is 7.11. The minimum absolute atomic E-state index is 0.0969. The normalized spacial score (nSPS) is 28.3. The van der Waals surface area contributed by atoms with Gasteiger partial charge in [0.05, 0.1) is 0 Å². The number of carbonyl (C=O) groups is 1. The topological polar surface area (TPSA) is 62.1 Å². The molecule has 1 aliphatic heterocycles. The molecule has 4 rings (SSSR count). The van der Waals surface area contributed by atoms with Crippen molar-refractivity contribution in [2.75, 3.05) is 13.1 Å². The zero-order chi connectivity index (χ0) is 14.6. The van der Waals surface area contributed by atoms with Gasteiger partial charge in [-0.3, -0.25) is 4.79 Å². The molecule has 21 heavy (non-hydrogen) atoms. The number of hydrogen-bond donors (Lipinski definition) is 2. The van der Waals surface area contributed by atoms with Crippen LogP contribution in [-0.2, 0) is 0 Å². The fourth-order valence-corrected chi connectivity index (χ4v) is 4.36. The Morgan fingerprint density at radius 1 is 1.33 bits per heavy atom. The van der Waals surface area contributed by atoms with Gasteiger partial charge in [-0.2, -0.15) is 0 Å². The number of rotatable bonds is 1. The highest BCUT2D eigenvalue weighted by molar-refractivity contribution is 9.10. The van der Waals surface area contributed by atoms with Gasteiger partial charge in [-0.05, 0) is 42.9 Å². The van der Waals surface area contributed by atoms with Gasteiger partial charge in [-0.15, -0.1) is 0 Å². The smallest absolute Gasteiger partial charge is 0.270 e. The summed E-state index contributed by atoms with van der Waals surface area (Å²) >= 11 is 3.53. The summed E-state index contributed by atoms with van der Waals surface area (Å²) in [5, 5.41) is 1.05. The monoisotopic (exact) mass is 347 g/mol. The lowest BCUT2D eigenvalue weighted by Gasteiger charge is -2.17. The van der Waals surface area contributed by atoms with Crippen molar-refractivity contribution in [1.29, 1.82) is 0 Å². The summed E-state index contributed by atoms with van der Waals surface area (Å²) in [7, 11) is 0. The van der Waals surface area contributed by atoms with Crippen molar-refractivity contribution in [3.05, 3.63) is 34.4 Å². The molecule has 3 unspecified atom stereocenters. The van der Waals surface area contributed by atoms with E-state index in [1.165, 1.54) is 0 Å². The lowest BCUT2D eigenvalue weighted by atomic mass is 9.98. The molecular formula is C16H18BrN3O. The molecule has 2 aliphatic rings. The number of fused-ring (bicyclic) bond motifs is 2. The maximum Gasteiger partial charge on any atom is 0.270 e. The number of benzene rings is 1. The molecule has 2 aromatic rings. The average Bonchev–Trinajstić information content (AvgIpc) is 3.14. The number of likely N-dealkylation sites (tertiary alicyclic amines) is 1. The van der Waals surface area contributed by atoms with Gasteiger partial charge in [0.15, 0.2) is 0 Å². The van der Waals surface area contributed by atoms with Crippen LogP contribution in [0.4, 0.5) is 0 Å². The molecule has 2 fully saturated rings. The molecule has 110 valence electrons. The minimum atomic E-state index is 0.0969. The van der Waals surface area contributed by atoms with Crippen LogP contribution in [0.2, 0.25) is 0 Å². The molecule has 1 aromatic carbocycles. The van der Waals surface area contributed by atoms with Crippen LogP contribution in [0.5, 0.6) is 0 Å². The van der Waals surface area contributed by atoms with Gasteiger partial charge in [-0.25, -0.2) is 0 Å². The van der Waals surface area contributed by atoms with Gasteiger partial charge in [0.2, 0.25) is 0 Å². The van der Waals surface area contributed by atoms with Crippen molar-refractivity contribution in [2.45, 2.75) is 18.9 Å². The fraction of sp³-hybridized carbons (Fsp3) is 0.438. The summed E-state index contributed by atoms with van der Waals surface area (Å²) in [4.78, 5) is 17.9. The van der Waals surface area contributed by atoms with E-state index in [-0.39, 0.29) is 11.9 Å². The first kappa shape index (κ1) is 13.3. The van der Waals surface area contributed by atoms with Crippen molar-refractivity contribution in [2.24, 2.45) is 17.6 Å². The van der Waals surface area contributed by atoms with Crippen LogP contribution in [0.15, 0.2) is 28.7 Å². The summed E-state index contributed by atoms with van der Waals surface area (Å²) in [6.07, 6.45) is 2.27. The van der Waals surface area contributed by atoms with E-state index in [9.17, 15) is 4.79 Å². The standard InChI is InChI=1S/C16H18BrN3O/c17-12-2-1-3-14-10(12)6-15(19-14)16(21)20-7-9-4-5-13(18)11(9)8-20/h1-3,6,9,11,13,19H,4-5,7-8,18H2. The van der Waals surface area contributed by atoms with Crippen LogP contribution < -0.4 is 5.73 Å². The molecule has 3 atom stereocenters. The van der Waals surface area contributed by atoms with Gasteiger partial charge in [-0.1, -0.05) is 22.0 Å². The Bertz CT molecular complexity index is 711. The highest BCUT2D eigenvalue weighted by atomic mass is 79.9. The number of aromatic amines is 1. The third kappa shape index (κ3) is 2.10. The van der Waals surface area contributed by atoms with Crippen LogP contribution in [0.1, 0.15) is 23.3 Å². The van der Waals surface area contributed by atoms with E-state index >= 15 is 0 Å². The number of aromatic nitrogens is 1. The highest BCUT2D eigenvalue weighted by Crippen LogP contribution is 2.37. The van der Waals surface area contributed by atoms with E-state index in [2.05, 4.69) is 20.9 Å². The van der Waals surface area contributed by atoms with Crippen molar-refractivity contribution >= 4 is 32.7 Å². The van der Waals surface area contributed by atoms with Gasteiger partial charge >= 0.3 is 0 Å². The van der Waals surface area contributed by atoms with Crippen molar-refractivity contribution < 1.29 is 4.79 Å². The van der Waals surface area contributed by atoms with E-state index < -0.39 is 0 Å². The first-order valence-electron chi connectivity index (χ1n) is 7.45. The number of carbonyl (C=O) groups excluding carboxylic acids is 1. The molecule has 1 saturated carbocycles. The predicted molar refractivity (Wildman–Crippen MR) is 86.1 cm³/mol. The summed E-state index contributed by atoms with van der Waals surface area (Å²) < 4.78 is 1.01. The molecule has 1 amide bonds. The molecule has 2 heterocycles. The first-order valence-corrected chi connectivity index (χ1v) is 8.25. The Morgan fingerprint density at radius 3 is 2.95 bits per heavy atom. The van der Waals surface area contributed by atoms with E-state index in [4.69, 9.17) is 5.73 Å². The van der Waals surface area contributed by atoms with Gasteiger partial charge in [0, 0.05) is 34.5 Å². The molecule has 1 aliphatic carbocycles. The zero-order valence-electron chi connectivity index (χ0n) is 11.7. The number of nitrogens with one attached hydrogen (secondary N) is 1. The van der Waals surface area contributed by atoms with E-state index in [0.29, 0.717) is 17.5 Å². The summed E-state index contributed by atoms with van der Waals surface area (Å²) in [6.45, 7) is 1.66. The fourth-order valence-electron chi connectivity index (χ4n) is 3.88. The lowest BCUT2D eigenvalue weighted by molar-refractivity contribution is 0.0775. The van der Waals surface area contributed by atoms with E-state index in [0.717, 1.165) is 41.3 Å². The number of halogens is 1. The van der Waals surface area contributed by atoms with Crippen LogP contribution in [0.3, 0.4) is 0 Å². The average molecular weight is 348 g/mol. The van der Waals surface area contributed by atoms with Gasteiger partial charge in [0.1, 0.15) is 5.69 Å². The second-order valence-electron chi connectivity index (χ2n) is 6.26. The molecule has 1 aromatic heterocycles. The number of amides is 1. The number of nitrogens with two attached hydrogens (primary N) is 1. The third-order valence-corrected chi connectivity index (χ3v) is 5.73.